The van der Waals surface area contributed by atoms with Crippen LogP contribution in [0, 0.1) is 19.7 Å². The van der Waals surface area contributed by atoms with Crippen molar-refractivity contribution in [3.05, 3.63) is 86.1 Å². The van der Waals surface area contributed by atoms with Crippen LogP contribution in [0.4, 0.5) is 10.1 Å². The highest BCUT2D eigenvalue weighted by atomic mass is 19.1. The van der Waals surface area contributed by atoms with E-state index < -0.39 is 0 Å². The number of methoxy groups -OCH3 is 1. The average Bonchev–Trinajstić information content (AvgIpc) is 3.37. The van der Waals surface area contributed by atoms with Crippen molar-refractivity contribution < 1.29 is 23.4 Å². The van der Waals surface area contributed by atoms with Gasteiger partial charge in [-0.25, -0.2) is 4.39 Å². The second-order valence-corrected chi connectivity index (χ2v) is 12.3. The molecule has 0 saturated carbocycles. The zero-order valence-electron chi connectivity index (χ0n) is 26.6. The summed E-state index contributed by atoms with van der Waals surface area (Å²) >= 11 is 0. The van der Waals surface area contributed by atoms with Crippen molar-refractivity contribution in [2.24, 2.45) is 0 Å². The van der Waals surface area contributed by atoms with Gasteiger partial charge in [-0.1, -0.05) is 12.2 Å². The molecule has 3 aromatic rings. The first-order chi connectivity index (χ1) is 21.7. The van der Waals surface area contributed by atoms with Gasteiger partial charge in [-0.2, -0.15) is 0 Å². The summed E-state index contributed by atoms with van der Waals surface area (Å²) in [7, 11) is 1.50. The van der Waals surface area contributed by atoms with Crippen molar-refractivity contribution >= 4 is 17.7 Å². The Balaban J connectivity index is 1.43. The zero-order valence-corrected chi connectivity index (χ0v) is 26.6. The highest BCUT2D eigenvalue weighted by Crippen LogP contribution is 2.46. The third-order valence-corrected chi connectivity index (χ3v) is 9.74. The summed E-state index contributed by atoms with van der Waals surface area (Å²) in [4.78, 5) is 31.8. The molecule has 238 valence electrons. The molecule has 8 nitrogen and oxygen atoms in total. The number of nitrogens with zero attached hydrogens (tertiary/aromatic N) is 1. The van der Waals surface area contributed by atoms with Crippen molar-refractivity contribution in [1.82, 2.24) is 10.3 Å². The molecular weight excluding hydrogens is 573 g/mol. The first-order valence-electron chi connectivity index (χ1n) is 15.9. The smallest absolute Gasteiger partial charge is 0.256 e. The quantitative estimate of drug-likeness (QED) is 0.332. The maximum absolute atomic E-state index is 16.0. The number of halogens is 1. The van der Waals surface area contributed by atoms with Crippen molar-refractivity contribution in [3.63, 3.8) is 0 Å². The van der Waals surface area contributed by atoms with Crippen LogP contribution in [0.3, 0.4) is 0 Å². The van der Waals surface area contributed by atoms with Gasteiger partial charge in [-0.3, -0.25) is 9.59 Å². The van der Waals surface area contributed by atoms with Crippen LogP contribution in [0.1, 0.15) is 70.9 Å². The summed E-state index contributed by atoms with van der Waals surface area (Å²) in [6, 6.07) is 9.39. The van der Waals surface area contributed by atoms with Gasteiger partial charge in [0.05, 0.1) is 19.2 Å². The number of H-pyrrole nitrogens is 1. The minimum Gasteiger partial charge on any atom is -0.496 e. The number of anilines is 1. The second-order valence-electron chi connectivity index (χ2n) is 12.3. The Bertz CT molecular complexity index is 1680. The van der Waals surface area contributed by atoms with Gasteiger partial charge >= 0.3 is 0 Å². The van der Waals surface area contributed by atoms with Crippen LogP contribution in [-0.4, -0.2) is 57.0 Å². The van der Waals surface area contributed by atoms with Crippen LogP contribution in [0.2, 0.25) is 0 Å². The van der Waals surface area contributed by atoms with Gasteiger partial charge in [0.2, 0.25) is 0 Å². The highest BCUT2D eigenvalue weighted by molar-refractivity contribution is 5.99. The molecule has 0 atom stereocenters. The second kappa shape index (κ2) is 12.8. The number of nitrogens with one attached hydrogen (secondary N) is 2. The van der Waals surface area contributed by atoms with Crippen LogP contribution in [0.25, 0.3) is 17.2 Å². The summed E-state index contributed by atoms with van der Waals surface area (Å²) in [6.45, 7) is 9.23. The van der Waals surface area contributed by atoms with E-state index in [4.69, 9.17) is 14.2 Å². The van der Waals surface area contributed by atoms with Crippen LogP contribution in [0.5, 0.6) is 5.75 Å². The van der Waals surface area contributed by atoms with E-state index in [-0.39, 0.29) is 35.3 Å². The highest BCUT2D eigenvalue weighted by Gasteiger charge is 2.37. The number of carbonyl (C=O) groups excluding carboxylic acids is 1. The number of hydrogen-bond acceptors (Lipinski definition) is 6. The number of amides is 1. The number of rotatable bonds is 8. The molecule has 9 heteroatoms. The lowest BCUT2D eigenvalue weighted by atomic mass is 9.75. The largest absolute Gasteiger partial charge is 0.496 e. The molecule has 1 aliphatic carbocycles. The van der Waals surface area contributed by atoms with Gasteiger partial charge in [-0.05, 0) is 99.0 Å². The van der Waals surface area contributed by atoms with Crippen molar-refractivity contribution in [2.45, 2.75) is 64.5 Å². The summed E-state index contributed by atoms with van der Waals surface area (Å²) < 4.78 is 32.7. The molecule has 2 saturated heterocycles. The number of aromatic amines is 1. The minimum absolute atomic E-state index is 0.0163. The number of allylic oxidation sites excluding steroid dienone is 1. The average molecular weight is 616 g/mol. The molecule has 3 heterocycles. The molecule has 6 rings (SSSR count). The van der Waals surface area contributed by atoms with Gasteiger partial charge < -0.3 is 29.4 Å². The fraction of sp³-hybridized carbons (Fsp3) is 0.444. The summed E-state index contributed by atoms with van der Waals surface area (Å²) in [5, 5.41) is 2.94. The van der Waals surface area contributed by atoms with E-state index in [1.807, 2.05) is 25.1 Å². The molecular formula is C36H42FN3O5. The monoisotopic (exact) mass is 615 g/mol. The van der Waals surface area contributed by atoms with Gasteiger partial charge in [-0.15, -0.1) is 0 Å². The number of carbonyl (C=O) groups is 1. The normalized spacial score (nSPS) is 17.4. The van der Waals surface area contributed by atoms with Gasteiger partial charge in [0.1, 0.15) is 11.6 Å². The summed E-state index contributed by atoms with van der Waals surface area (Å²) in [5.74, 6) is -0.256. The van der Waals surface area contributed by atoms with Gasteiger partial charge in [0, 0.05) is 66.9 Å². The molecule has 2 N–H and O–H groups in total. The van der Waals surface area contributed by atoms with Crippen LogP contribution < -0.4 is 20.5 Å². The van der Waals surface area contributed by atoms with Gasteiger partial charge in [0.15, 0.2) is 0 Å². The number of ether oxygens (including phenoxy) is 3. The van der Waals surface area contributed by atoms with Crippen LogP contribution in [-0.2, 0) is 21.4 Å². The van der Waals surface area contributed by atoms with Crippen LogP contribution in [0.15, 0.2) is 41.2 Å². The number of aryl methyl sites for hydroxylation is 1. The maximum Gasteiger partial charge on any atom is 0.256 e. The Labute approximate surface area is 263 Å². The Kier molecular flexibility index (Phi) is 8.84. The zero-order chi connectivity index (χ0) is 31.7. The first-order valence-corrected chi connectivity index (χ1v) is 15.9. The molecule has 1 aromatic heterocycles. The lowest BCUT2D eigenvalue weighted by molar-refractivity contribution is 0.0663. The Morgan fingerprint density at radius 2 is 1.82 bits per heavy atom. The Morgan fingerprint density at radius 1 is 1.09 bits per heavy atom. The predicted octanol–water partition coefficient (Wildman–Crippen LogP) is 5.82. The van der Waals surface area contributed by atoms with Crippen LogP contribution >= 0.6 is 0 Å². The predicted molar refractivity (Wildman–Crippen MR) is 174 cm³/mol. The third-order valence-electron chi connectivity index (χ3n) is 9.74. The lowest BCUT2D eigenvalue weighted by Crippen LogP contribution is -2.40. The number of aromatic nitrogens is 1. The molecule has 2 fully saturated rings. The third kappa shape index (κ3) is 5.91. The standard InChI is InChI=1S/C36H42FN3O5/c1-5-40(26-7-12-44-13-8-26)32-19-25(28-20-30-24(18-31(28)37)6-9-36(30)10-14-45-15-11-36)17-27(23(32)3)34(41)38-21-29-33(43-4)16-22(2)39-35(29)42/h6,9,16-20,26H,5,7-8,10-15,21H2,1-4H3,(H,38,41)(H,39,42). The Hall–Kier alpha value is -3.95. The molecule has 1 spiro atoms. The number of hydrogen-bond donors (Lipinski definition) is 2. The summed E-state index contributed by atoms with van der Waals surface area (Å²) in [5.41, 5.74) is 5.79. The van der Waals surface area contributed by atoms with E-state index in [2.05, 4.69) is 28.2 Å². The van der Waals surface area contributed by atoms with E-state index in [1.54, 1.807) is 25.1 Å². The summed E-state index contributed by atoms with van der Waals surface area (Å²) in [6.07, 6.45) is 7.68. The molecule has 45 heavy (non-hydrogen) atoms. The van der Waals surface area contributed by atoms with E-state index in [0.29, 0.717) is 60.1 Å². The van der Waals surface area contributed by atoms with E-state index in [0.717, 1.165) is 54.6 Å². The van der Waals surface area contributed by atoms with Gasteiger partial charge in [0.25, 0.3) is 11.5 Å². The molecule has 3 aliphatic rings. The number of pyridine rings is 1. The number of benzene rings is 2. The van der Waals surface area contributed by atoms with E-state index >= 15 is 4.39 Å². The van der Waals surface area contributed by atoms with Crippen molar-refractivity contribution in [3.8, 4) is 16.9 Å². The maximum atomic E-state index is 16.0. The lowest BCUT2D eigenvalue weighted by Gasteiger charge is -2.37. The van der Waals surface area contributed by atoms with E-state index in [1.165, 1.54) is 7.11 Å². The fourth-order valence-electron chi connectivity index (χ4n) is 7.20. The first kappa shape index (κ1) is 31.0. The minimum atomic E-state index is -0.343. The molecule has 2 aromatic carbocycles. The fourth-order valence-corrected chi connectivity index (χ4v) is 7.20. The van der Waals surface area contributed by atoms with Crippen molar-refractivity contribution in [1.29, 1.82) is 0 Å². The molecule has 0 radical (unpaired) electrons. The van der Waals surface area contributed by atoms with Crippen molar-refractivity contribution in [2.75, 3.05) is 45.0 Å². The number of fused-ring (bicyclic) bond motifs is 2. The molecule has 2 aliphatic heterocycles. The molecule has 0 unspecified atom stereocenters. The van der Waals surface area contributed by atoms with E-state index in [9.17, 15) is 9.59 Å². The topological polar surface area (TPSA) is 92.9 Å². The molecule has 0 bridgehead atoms. The Morgan fingerprint density at radius 3 is 2.53 bits per heavy atom. The molecule has 1 amide bonds. The SMILES string of the molecule is CCN(c1cc(-c2cc3c(cc2F)C=CC32CCOCC2)cc(C(=O)NCc2c(OC)cc(C)[nH]c2=O)c1C)C1CCOCC1.